The molecule has 0 fully saturated rings. The molecule has 0 radical (unpaired) electrons. The minimum Gasteiger partial charge on any atom is -0.744 e. The maximum absolute atomic E-state index is 11.9. The smallest absolute Gasteiger partial charge is 0.744 e. The molecule has 0 saturated carbocycles. The van der Waals surface area contributed by atoms with Crippen LogP contribution >= 0.6 is 22.7 Å². The van der Waals surface area contributed by atoms with Crippen LogP contribution in [-0.4, -0.2) is 33.2 Å². The third-order valence-corrected chi connectivity index (χ3v) is 10.4. The molecule has 0 bridgehead atoms. The van der Waals surface area contributed by atoms with Gasteiger partial charge in [-0.3, -0.25) is 0 Å². The summed E-state index contributed by atoms with van der Waals surface area (Å²) in [6.07, 6.45) is 0. The van der Waals surface area contributed by atoms with Gasteiger partial charge in [-0.15, -0.1) is 32.9 Å². The van der Waals surface area contributed by atoms with E-state index in [0.717, 1.165) is 32.4 Å². The number of fused-ring (bicyclic) bond motifs is 2. The zero-order chi connectivity index (χ0) is 32.7. The number of nitrogens with zero attached hydrogens (tertiary/aromatic N) is 6. The van der Waals surface area contributed by atoms with Gasteiger partial charge in [-0.2, -0.15) is 10.2 Å². The summed E-state index contributed by atoms with van der Waals surface area (Å²) in [4.78, 5) is 9.13. The zero-order valence-corrected chi connectivity index (χ0v) is 29.7. The minimum absolute atomic E-state index is 0. The molecule has 2 heterocycles. The average molecular weight is 701 g/mol. The fourth-order valence-electron chi connectivity index (χ4n) is 4.79. The third kappa shape index (κ3) is 6.91. The number of thiazole rings is 2. The summed E-state index contributed by atoms with van der Waals surface area (Å²) in [5.74, 6) is -0.500. The largest absolute Gasteiger partial charge is 1.00 e. The Balaban J connectivity index is 0.00000401. The topological polar surface area (TPSA) is 173 Å². The van der Waals surface area contributed by atoms with Crippen molar-refractivity contribution >= 4 is 76.0 Å². The first-order valence-electron chi connectivity index (χ1n) is 13.9. The van der Waals surface area contributed by atoms with Crippen molar-refractivity contribution in [1.29, 1.82) is 0 Å². The summed E-state index contributed by atoms with van der Waals surface area (Å²) in [6.45, 7) is 1.60. The van der Waals surface area contributed by atoms with Gasteiger partial charge in [-0.05, 0) is 73.2 Å². The molecule has 0 amide bonds. The first-order chi connectivity index (χ1) is 22.6. The van der Waals surface area contributed by atoms with Crippen LogP contribution < -0.4 is 29.6 Å². The van der Waals surface area contributed by atoms with Crippen LogP contribution in [0.3, 0.4) is 0 Å². The first-order valence-corrected chi connectivity index (χ1v) is 17.0. The van der Waals surface area contributed by atoms with Crippen molar-refractivity contribution in [3.8, 4) is 32.6 Å². The molecule has 5 aromatic carbocycles. The fraction of sp³-hybridized carbons (Fsp3) is 0.0303. The maximum Gasteiger partial charge on any atom is 1.00 e. The number of hydrogen-bond acceptors (Lipinski definition) is 13. The Kier molecular flexibility index (Phi) is 9.49. The van der Waals surface area contributed by atoms with Crippen LogP contribution in [0.15, 0.2) is 122 Å². The molecule has 7 aromatic rings. The number of aromatic nitrogens is 2. The molecule has 0 spiro atoms. The quantitative estimate of drug-likeness (QED) is 0.106. The summed E-state index contributed by atoms with van der Waals surface area (Å²) in [5, 5.41) is 38.4. The van der Waals surface area contributed by atoms with E-state index in [1.54, 1.807) is 43.3 Å². The van der Waals surface area contributed by atoms with Gasteiger partial charge in [-0.1, -0.05) is 24.3 Å². The summed E-state index contributed by atoms with van der Waals surface area (Å²) in [7, 11) is -4.66. The molecule has 0 unspecified atom stereocenters. The van der Waals surface area contributed by atoms with Crippen molar-refractivity contribution < 1.29 is 52.7 Å². The number of aromatic hydroxyl groups is 2. The molecular formula is C33H21N6NaO5S3. The molecule has 2 aromatic heterocycles. The van der Waals surface area contributed by atoms with E-state index in [1.807, 2.05) is 48.5 Å². The molecule has 7 rings (SSSR count). The Hall–Kier alpha value is -4.41. The molecule has 11 nitrogen and oxygen atoms in total. The van der Waals surface area contributed by atoms with Crippen LogP contribution in [0.25, 0.3) is 41.6 Å². The number of aryl methyl sites for hydroxylation is 1. The molecule has 0 aliphatic heterocycles. The van der Waals surface area contributed by atoms with Gasteiger partial charge < -0.3 is 14.8 Å². The second-order valence-electron chi connectivity index (χ2n) is 10.3. The monoisotopic (exact) mass is 700 g/mol. The van der Waals surface area contributed by atoms with Crippen LogP contribution in [0, 0.1) is 6.92 Å². The van der Waals surface area contributed by atoms with Crippen molar-refractivity contribution in [2.75, 3.05) is 0 Å². The number of rotatable bonds is 7. The average Bonchev–Trinajstić information content (AvgIpc) is 3.68. The van der Waals surface area contributed by atoms with Gasteiger partial charge in [0.1, 0.15) is 43.0 Å². The van der Waals surface area contributed by atoms with E-state index in [0.29, 0.717) is 32.2 Å². The third-order valence-electron chi connectivity index (χ3n) is 7.08. The Morgan fingerprint density at radius 3 is 1.92 bits per heavy atom. The molecule has 2 N–H and O–H groups in total. The number of benzene rings is 5. The van der Waals surface area contributed by atoms with Crippen molar-refractivity contribution in [2.24, 2.45) is 20.5 Å². The SMILES string of the molecule is Cc1ccc2nc(-c3ccc4nc(-c5ccc(N=Nc6cc(N=Nc7ccccc7)c(O)cc6O)cc5)sc4c3)sc2c1S(=O)(=O)[O-].[Na+]. The molecule has 48 heavy (non-hydrogen) atoms. The van der Waals surface area contributed by atoms with Gasteiger partial charge in [0, 0.05) is 23.3 Å². The number of phenols is 2. The molecular weight excluding hydrogens is 680 g/mol. The van der Waals surface area contributed by atoms with Crippen LogP contribution in [0.2, 0.25) is 0 Å². The normalized spacial score (nSPS) is 12.0. The molecule has 0 atom stereocenters. The van der Waals surface area contributed by atoms with Crippen molar-refractivity contribution in [3.05, 3.63) is 103 Å². The second kappa shape index (κ2) is 13.6. The van der Waals surface area contributed by atoms with E-state index in [2.05, 4.69) is 25.4 Å². The van der Waals surface area contributed by atoms with Gasteiger partial charge in [-0.25, -0.2) is 18.4 Å². The Labute approximate surface area is 304 Å². The number of hydrogen-bond donors (Lipinski definition) is 2. The van der Waals surface area contributed by atoms with Gasteiger partial charge in [0.25, 0.3) is 0 Å². The van der Waals surface area contributed by atoms with E-state index in [1.165, 1.54) is 28.7 Å². The molecule has 0 saturated heterocycles. The van der Waals surface area contributed by atoms with E-state index in [4.69, 9.17) is 4.98 Å². The summed E-state index contributed by atoms with van der Waals surface area (Å²) >= 11 is 2.66. The van der Waals surface area contributed by atoms with E-state index in [9.17, 15) is 23.2 Å². The minimum atomic E-state index is -4.66. The maximum atomic E-state index is 11.9. The number of phenolic OH excluding ortho intramolecular Hbond substituents is 2. The van der Waals surface area contributed by atoms with Gasteiger partial charge in [0.05, 0.1) is 36.7 Å². The zero-order valence-electron chi connectivity index (χ0n) is 25.3. The van der Waals surface area contributed by atoms with Gasteiger partial charge in [0.15, 0.2) is 0 Å². The van der Waals surface area contributed by atoms with E-state index in [-0.39, 0.29) is 57.3 Å². The Morgan fingerprint density at radius 2 is 1.25 bits per heavy atom. The van der Waals surface area contributed by atoms with Gasteiger partial charge >= 0.3 is 29.6 Å². The first kappa shape index (κ1) is 33.5. The van der Waals surface area contributed by atoms with Gasteiger partial charge in [0.2, 0.25) is 0 Å². The molecule has 15 heteroatoms. The number of azo groups is 2. The van der Waals surface area contributed by atoms with E-state index < -0.39 is 10.1 Å². The van der Waals surface area contributed by atoms with Crippen molar-refractivity contribution in [3.63, 3.8) is 0 Å². The summed E-state index contributed by atoms with van der Waals surface area (Å²) < 4.78 is 37.1. The summed E-state index contributed by atoms with van der Waals surface area (Å²) in [6, 6.07) is 27.9. The van der Waals surface area contributed by atoms with Crippen LogP contribution in [0.5, 0.6) is 11.5 Å². The van der Waals surface area contributed by atoms with Crippen molar-refractivity contribution in [2.45, 2.75) is 11.8 Å². The molecule has 232 valence electrons. The predicted molar refractivity (Wildman–Crippen MR) is 181 cm³/mol. The second-order valence-corrected chi connectivity index (χ2v) is 13.7. The predicted octanol–water partition coefficient (Wildman–Crippen LogP) is 6.70. The van der Waals surface area contributed by atoms with Crippen LogP contribution in [-0.2, 0) is 10.1 Å². The Bertz CT molecular complexity index is 2480. The summed E-state index contributed by atoms with van der Waals surface area (Å²) in [5.41, 5.74) is 4.69. The van der Waals surface area contributed by atoms with Crippen LogP contribution in [0.1, 0.15) is 5.56 Å². The standard InChI is InChI=1S/C33H22N6O5S3.Na/c1-18-7-13-24-30(31(18)47(42,43)44)46-33(35-24)20-10-14-23-29(15-20)45-32(34-23)19-8-11-22(12-9-19)37-39-26-16-25(27(40)17-28(26)41)38-36-21-5-3-2-4-6-21;/h2-17,40-41H,1H3,(H,42,43,44);/q;+1/p-1. The molecule has 0 aliphatic rings. The Morgan fingerprint density at radius 1 is 0.667 bits per heavy atom. The fourth-order valence-corrected chi connectivity index (χ4v) is 8.07. The molecule has 0 aliphatic carbocycles. The van der Waals surface area contributed by atoms with Crippen LogP contribution in [0.4, 0.5) is 22.7 Å². The van der Waals surface area contributed by atoms with Crippen molar-refractivity contribution in [1.82, 2.24) is 9.97 Å². The van der Waals surface area contributed by atoms with E-state index >= 15 is 0 Å².